The number of amides is 2. The van der Waals surface area contributed by atoms with Crippen molar-refractivity contribution in [3.8, 4) is 12.3 Å². The monoisotopic (exact) mass is 354 g/mol. The SMILES string of the molecule is C#CCCC1(CCC(=O)N2CCN(c3ccc(C(N)=O)cn3)CC2)N=N1. The highest BCUT2D eigenvalue weighted by Gasteiger charge is 2.39. The summed E-state index contributed by atoms with van der Waals surface area (Å²) in [6.07, 6.45) is 9.17. The van der Waals surface area contributed by atoms with Gasteiger partial charge in [0.2, 0.25) is 11.8 Å². The molecule has 1 fully saturated rings. The van der Waals surface area contributed by atoms with Gasteiger partial charge in [-0.05, 0) is 12.1 Å². The van der Waals surface area contributed by atoms with Crippen molar-refractivity contribution in [1.82, 2.24) is 9.88 Å². The molecule has 0 bridgehead atoms. The van der Waals surface area contributed by atoms with Gasteiger partial charge in [0.1, 0.15) is 5.82 Å². The predicted octanol–water partition coefficient (Wildman–Crippen LogP) is 1.18. The number of nitrogens with two attached hydrogens (primary N) is 1. The highest BCUT2D eigenvalue weighted by molar-refractivity contribution is 5.92. The third kappa shape index (κ3) is 4.17. The zero-order valence-corrected chi connectivity index (χ0v) is 14.6. The van der Waals surface area contributed by atoms with Crippen LogP contribution in [0.2, 0.25) is 0 Å². The summed E-state index contributed by atoms with van der Waals surface area (Å²) in [7, 11) is 0. The third-order valence-corrected chi connectivity index (χ3v) is 4.78. The van der Waals surface area contributed by atoms with Crippen LogP contribution >= 0.6 is 0 Å². The molecule has 26 heavy (non-hydrogen) atoms. The van der Waals surface area contributed by atoms with E-state index in [2.05, 4.69) is 26.0 Å². The van der Waals surface area contributed by atoms with Crippen LogP contribution in [-0.2, 0) is 4.79 Å². The molecule has 0 radical (unpaired) electrons. The third-order valence-electron chi connectivity index (χ3n) is 4.78. The van der Waals surface area contributed by atoms with Gasteiger partial charge >= 0.3 is 0 Å². The van der Waals surface area contributed by atoms with Crippen molar-refractivity contribution < 1.29 is 9.59 Å². The fourth-order valence-corrected chi connectivity index (χ4v) is 3.04. The van der Waals surface area contributed by atoms with E-state index in [-0.39, 0.29) is 5.91 Å². The molecular weight excluding hydrogens is 332 g/mol. The smallest absolute Gasteiger partial charge is 0.250 e. The summed E-state index contributed by atoms with van der Waals surface area (Å²) in [5, 5.41) is 8.14. The topological polar surface area (TPSA) is 104 Å². The minimum Gasteiger partial charge on any atom is -0.366 e. The van der Waals surface area contributed by atoms with Gasteiger partial charge < -0.3 is 15.5 Å². The Bertz CT molecular complexity index is 738. The highest BCUT2D eigenvalue weighted by Crippen LogP contribution is 2.37. The molecule has 1 saturated heterocycles. The second-order valence-electron chi connectivity index (χ2n) is 6.52. The van der Waals surface area contributed by atoms with Crippen LogP contribution in [-0.4, -0.2) is 53.5 Å². The van der Waals surface area contributed by atoms with Gasteiger partial charge in [-0.25, -0.2) is 4.98 Å². The van der Waals surface area contributed by atoms with Crippen molar-refractivity contribution in [1.29, 1.82) is 0 Å². The van der Waals surface area contributed by atoms with Crippen molar-refractivity contribution in [2.24, 2.45) is 16.0 Å². The maximum absolute atomic E-state index is 12.4. The van der Waals surface area contributed by atoms with E-state index in [4.69, 9.17) is 12.2 Å². The Balaban J connectivity index is 1.45. The fraction of sp³-hybridized carbons (Fsp3) is 0.500. The number of carbonyl (C=O) groups is 2. The average Bonchev–Trinajstić information content (AvgIpc) is 3.45. The number of aromatic nitrogens is 1. The standard InChI is InChI=1S/C18H22N6O2/c1-2-3-7-18(21-22-18)8-6-16(25)24-11-9-23(10-12-24)15-5-4-14(13-20-15)17(19)26/h1,4-5,13H,3,6-12H2,(H2,19,26). The van der Waals surface area contributed by atoms with Crippen molar-refractivity contribution in [2.75, 3.05) is 31.1 Å². The molecule has 0 aromatic carbocycles. The normalized spacial score (nSPS) is 17.7. The number of piperazine rings is 1. The molecular formula is C18H22N6O2. The zero-order valence-electron chi connectivity index (χ0n) is 14.6. The van der Waals surface area contributed by atoms with Crippen molar-refractivity contribution in [2.45, 2.75) is 31.3 Å². The van der Waals surface area contributed by atoms with Gasteiger partial charge in [0, 0.05) is 58.1 Å². The van der Waals surface area contributed by atoms with Crippen molar-refractivity contribution >= 4 is 17.6 Å². The maximum atomic E-state index is 12.4. The van der Waals surface area contributed by atoms with E-state index in [1.807, 2.05) is 4.90 Å². The molecule has 0 aliphatic carbocycles. The summed E-state index contributed by atoms with van der Waals surface area (Å²) in [4.78, 5) is 31.8. The van der Waals surface area contributed by atoms with E-state index < -0.39 is 11.6 Å². The molecule has 0 saturated carbocycles. The van der Waals surface area contributed by atoms with Crippen LogP contribution in [0.3, 0.4) is 0 Å². The molecule has 1 aromatic rings. The van der Waals surface area contributed by atoms with Gasteiger partial charge in [-0.15, -0.1) is 12.3 Å². The molecule has 8 heteroatoms. The van der Waals surface area contributed by atoms with E-state index >= 15 is 0 Å². The molecule has 0 unspecified atom stereocenters. The number of hydrogen-bond acceptors (Lipinski definition) is 6. The molecule has 1 aromatic heterocycles. The summed E-state index contributed by atoms with van der Waals surface area (Å²) in [5.41, 5.74) is 5.20. The van der Waals surface area contributed by atoms with Crippen LogP contribution in [0.4, 0.5) is 5.82 Å². The quantitative estimate of drug-likeness (QED) is 0.743. The Hall–Kier alpha value is -2.95. The summed E-state index contributed by atoms with van der Waals surface area (Å²) >= 11 is 0. The molecule has 2 amide bonds. The Labute approximate surface area is 152 Å². The molecule has 136 valence electrons. The number of hydrogen-bond donors (Lipinski definition) is 1. The Kier molecular flexibility index (Phi) is 5.16. The summed E-state index contributed by atoms with van der Waals surface area (Å²) in [6, 6.07) is 3.45. The zero-order chi connectivity index (χ0) is 18.6. The fourth-order valence-electron chi connectivity index (χ4n) is 3.04. The summed E-state index contributed by atoms with van der Waals surface area (Å²) in [5.74, 6) is 3.01. The molecule has 2 aliphatic heterocycles. The first kappa shape index (κ1) is 17.9. The second-order valence-corrected chi connectivity index (χ2v) is 6.52. The molecule has 3 heterocycles. The molecule has 2 aliphatic rings. The number of carbonyl (C=O) groups excluding carboxylic acids is 2. The predicted molar refractivity (Wildman–Crippen MR) is 96.4 cm³/mol. The second kappa shape index (κ2) is 7.52. The van der Waals surface area contributed by atoms with Crippen LogP contribution < -0.4 is 10.6 Å². The van der Waals surface area contributed by atoms with Crippen molar-refractivity contribution in [3.05, 3.63) is 23.9 Å². The number of terminal acetylenes is 1. The van der Waals surface area contributed by atoms with Crippen LogP contribution in [0.15, 0.2) is 28.6 Å². The van der Waals surface area contributed by atoms with Gasteiger partial charge in [0.15, 0.2) is 5.66 Å². The average molecular weight is 354 g/mol. The molecule has 0 atom stereocenters. The first-order chi connectivity index (χ1) is 12.5. The number of anilines is 1. The lowest BCUT2D eigenvalue weighted by Crippen LogP contribution is -2.49. The largest absolute Gasteiger partial charge is 0.366 e. The van der Waals surface area contributed by atoms with Gasteiger partial charge in [-0.1, -0.05) is 0 Å². The molecule has 3 rings (SSSR count). The van der Waals surface area contributed by atoms with E-state index in [1.165, 1.54) is 6.20 Å². The van der Waals surface area contributed by atoms with Crippen LogP contribution in [0, 0.1) is 12.3 Å². The van der Waals surface area contributed by atoms with E-state index in [0.717, 1.165) is 12.2 Å². The Morgan fingerprint density at radius 2 is 1.92 bits per heavy atom. The molecule has 0 spiro atoms. The number of nitrogens with zero attached hydrogens (tertiary/aromatic N) is 5. The Morgan fingerprint density at radius 1 is 1.19 bits per heavy atom. The minimum absolute atomic E-state index is 0.124. The van der Waals surface area contributed by atoms with Gasteiger partial charge in [0.25, 0.3) is 0 Å². The van der Waals surface area contributed by atoms with E-state index in [9.17, 15) is 9.59 Å². The van der Waals surface area contributed by atoms with Gasteiger partial charge in [-0.3, -0.25) is 9.59 Å². The van der Waals surface area contributed by atoms with Gasteiger partial charge in [-0.2, -0.15) is 10.2 Å². The number of primary amides is 1. The first-order valence-corrected chi connectivity index (χ1v) is 8.69. The molecule has 2 N–H and O–H groups in total. The van der Waals surface area contributed by atoms with E-state index in [1.54, 1.807) is 12.1 Å². The summed E-state index contributed by atoms with van der Waals surface area (Å²) < 4.78 is 0. The minimum atomic E-state index is -0.492. The van der Waals surface area contributed by atoms with Crippen LogP contribution in [0.5, 0.6) is 0 Å². The van der Waals surface area contributed by atoms with Crippen LogP contribution in [0.1, 0.15) is 36.0 Å². The number of pyridine rings is 1. The first-order valence-electron chi connectivity index (χ1n) is 8.69. The maximum Gasteiger partial charge on any atom is 0.250 e. The summed E-state index contributed by atoms with van der Waals surface area (Å²) in [6.45, 7) is 2.69. The Morgan fingerprint density at radius 3 is 2.46 bits per heavy atom. The van der Waals surface area contributed by atoms with Crippen LogP contribution in [0.25, 0.3) is 0 Å². The molecule has 8 nitrogen and oxygen atoms in total. The highest BCUT2D eigenvalue weighted by atomic mass is 16.2. The van der Waals surface area contributed by atoms with Gasteiger partial charge in [0.05, 0.1) is 5.56 Å². The van der Waals surface area contributed by atoms with E-state index in [0.29, 0.717) is 51.0 Å². The lowest BCUT2D eigenvalue weighted by Gasteiger charge is -2.35. The lowest BCUT2D eigenvalue weighted by molar-refractivity contribution is -0.131. The van der Waals surface area contributed by atoms with Crippen molar-refractivity contribution in [3.63, 3.8) is 0 Å². The number of rotatable bonds is 7. The lowest BCUT2D eigenvalue weighted by atomic mass is 10.0.